The van der Waals surface area contributed by atoms with Crippen molar-refractivity contribution in [2.45, 2.75) is 70.5 Å². The summed E-state index contributed by atoms with van der Waals surface area (Å²) in [5.41, 5.74) is -3.35. The summed E-state index contributed by atoms with van der Waals surface area (Å²) in [5.74, 6) is -4.81. The number of rotatable bonds is 8. The van der Waals surface area contributed by atoms with Gasteiger partial charge in [0.2, 0.25) is 5.60 Å². The zero-order valence-electron chi connectivity index (χ0n) is 23.0. The Morgan fingerprint density at radius 3 is 2.20 bits per heavy atom. The molecule has 3 rings (SSSR count). The molecule has 1 fully saturated rings. The van der Waals surface area contributed by atoms with Gasteiger partial charge < -0.3 is 45.2 Å². The van der Waals surface area contributed by atoms with Crippen molar-refractivity contribution in [2.24, 2.45) is 0 Å². The average Bonchev–Trinajstić information content (AvgIpc) is 3.46. The Labute approximate surface area is 231 Å². The van der Waals surface area contributed by atoms with E-state index in [1.165, 1.54) is 20.8 Å². The molecule has 13 nitrogen and oxygen atoms in total. The SMILES string of the molecule is C/C=C(/C)C(=O)OC1CCN2CC=C(COC(=O)C(O)(C(C)O)C(C)(C)O)C12.O=C(O)c1cc(O)c(O)c(O)c1. The number of aromatic carboxylic acids is 1. The Morgan fingerprint density at radius 1 is 1.15 bits per heavy atom. The number of carboxylic acid groups (broad SMARTS) is 1. The molecule has 13 heteroatoms. The standard InChI is InChI=1S/C20H31NO7.C7H6O5/c1-6-12(2)17(23)28-15-8-10-21-9-7-14(16(15)21)11-27-18(24)20(26,13(3)22)19(4,5)25;8-4-1-3(7(11)12)2-5(9)6(4)10/h6-7,13,15-16,22,25-26H,8-11H2,1-5H3;1-2,8-10H,(H,11,12)/b12-6-;. The molecule has 1 saturated heterocycles. The number of phenolic OH excluding ortho intramolecular Hbond substituents is 3. The number of phenols is 3. The summed E-state index contributed by atoms with van der Waals surface area (Å²) >= 11 is 0. The molecule has 2 aliphatic rings. The van der Waals surface area contributed by atoms with E-state index in [0.717, 1.165) is 24.3 Å². The fourth-order valence-electron chi connectivity index (χ4n) is 4.39. The third-order valence-corrected chi connectivity index (χ3v) is 6.96. The van der Waals surface area contributed by atoms with E-state index in [2.05, 4.69) is 4.90 Å². The van der Waals surface area contributed by atoms with Crippen LogP contribution in [0, 0.1) is 0 Å². The van der Waals surface area contributed by atoms with Gasteiger partial charge in [0.1, 0.15) is 18.3 Å². The molecular weight excluding hydrogens is 530 g/mol. The van der Waals surface area contributed by atoms with Gasteiger partial charge in [-0.15, -0.1) is 0 Å². The molecule has 0 aliphatic carbocycles. The monoisotopic (exact) mass is 567 g/mol. The number of carboxylic acids is 1. The lowest BCUT2D eigenvalue weighted by Crippen LogP contribution is -2.63. The second-order valence-electron chi connectivity index (χ2n) is 10.2. The van der Waals surface area contributed by atoms with Crippen molar-refractivity contribution in [3.63, 3.8) is 0 Å². The Balaban J connectivity index is 0.000000389. The van der Waals surface area contributed by atoms with E-state index in [1.54, 1.807) is 19.9 Å². The average molecular weight is 568 g/mol. The first kappa shape index (κ1) is 32.6. The maximum atomic E-state index is 12.5. The molecule has 2 aliphatic heterocycles. The molecule has 7 N–H and O–H groups in total. The molecule has 0 radical (unpaired) electrons. The van der Waals surface area contributed by atoms with E-state index >= 15 is 0 Å². The van der Waals surface area contributed by atoms with E-state index in [0.29, 0.717) is 18.5 Å². The molecule has 1 aromatic rings. The Bertz CT molecular complexity index is 1160. The highest BCUT2D eigenvalue weighted by Gasteiger charge is 2.54. The zero-order valence-corrected chi connectivity index (χ0v) is 23.0. The highest BCUT2D eigenvalue weighted by atomic mass is 16.6. The molecule has 4 atom stereocenters. The molecule has 0 amide bonds. The van der Waals surface area contributed by atoms with E-state index < -0.39 is 46.5 Å². The molecule has 0 bridgehead atoms. The van der Waals surface area contributed by atoms with Gasteiger partial charge in [-0.25, -0.2) is 14.4 Å². The smallest absolute Gasteiger partial charge is 0.344 e. The number of esters is 2. The van der Waals surface area contributed by atoms with Crippen LogP contribution in [0.15, 0.2) is 35.4 Å². The first-order chi connectivity index (χ1) is 18.4. The van der Waals surface area contributed by atoms with Crippen molar-refractivity contribution < 1.29 is 59.6 Å². The quantitative estimate of drug-likeness (QED) is 0.100. The number of benzene rings is 1. The summed E-state index contributed by atoms with van der Waals surface area (Å²) in [4.78, 5) is 37.0. The number of aliphatic hydroxyl groups is 3. The summed E-state index contributed by atoms with van der Waals surface area (Å²) in [7, 11) is 0. The number of allylic oxidation sites excluding steroid dienone is 1. The Morgan fingerprint density at radius 2 is 1.73 bits per heavy atom. The fraction of sp³-hybridized carbons (Fsp3) is 0.519. The summed E-state index contributed by atoms with van der Waals surface area (Å²) in [6.45, 7) is 8.42. The first-order valence-electron chi connectivity index (χ1n) is 12.5. The number of hydrogen-bond donors (Lipinski definition) is 7. The van der Waals surface area contributed by atoms with Gasteiger partial charge in [0.05, 0.1) is 17.7 Å². The van der Waals surface area contributed by atoms with Crippen molar-refractivity contribution in [1.29, 1.82) is 0 Å². The molecule has 222 valence electrons. The normalized spacial score (nSPS) is 21.3. The largest absolute Gasteiger partial charge is 0.504 e. The van der Waals surface area contributed by atoms with E-state index in [1.807, 2.05) is 6.08 Å². The maximum Gasteiger partial charge on any atom is 0.344 e. The molecule has 4 unspecified atom stereocenters. The highest BCUT2D eigenvalue weighted by molar-refractivity contribution is 5.89. The molecule has 0 aromatic heterocycles. The second kappa shape index (κ2) is 12.7. The van der Waals surface area contributed by atoms with Crippen molar-refractivity contribution in [3.05, 3.63) is 41.0 Å². The zero-order chi connectivity index (χ0) is 30.6. The van der Waals surface area contributed by atoms with Gasteiger partial charge in [-0.3, -0.25) is 4.90 Å². The third kappa shape index (κ3) is 6.91. The first-order valence-corrected chi connectivity index (χ1v) is 12.5. The minimum Gasteiger partial charge on any atom is -0.504 e. The molecule has 0 spiro atoms. The number of fused-ring (bicyclic) bond motifs is 1. The van der Waals surface area contributed by atoms with Crippen molar-refractivity contribution in [2.75, 3.05) is 19.7 Å². The van der Waals surface area contributed by atoms with Crippen LogP contribution in [-0.4, -0.2) is 108 Å². The number of hydrogen-bond acceptors (Lipinski definition) is 12. The van der Waals surface area contributed by atoms with Crippen LogP contribution in [0.4, 0.5) is 0 Å². The number of carbonyl (C=O) groups excluding carboxylic acids is 2. The molecule has 2 heterocycles. The van der Waals surface area contributed by atoms with Gasteiger partial charge in [0.15, 0.2) is 17.2 Å². The topological polar surface area (TPSA) is 215 Å². The van der Waals surface area contributed by atoms with E-state index in [4.69, 9.17) is 29.9 Å². The molecule has 40 heavy (non-hydrogen) atoms. The van der Waals surface area contributed by atoms with Crippen LogP contribution in [0.1, 0.15) is 51.4 Å². The summed E-state index contributed by atoms with van der Waals surface area (Å²) < 4.78 is 10.9. The van der Waals surface area contributed by atoms with Crippen molar-refractivity contribution in [3.8, 4) is 17.2 Å². The predicted molar refractivity (Wildman–Crippen MR) is 140 cm³/mol. The number of ether oxygens (including phenoxy) is 2. The van der Waals surface area contributed by atoms with Gasteiger partial charge >= 0.3 is 17.9 Å². The van der Waals surface area contributed by atoms with Gasteiger partial charge in [0, 0.05) is 18.7 Å². The number of aromatic hydroxyl groups is 3. The van der Waals surface area contributed by atoms with Crippen LogP contribution in [0.5, 0.6) is 17.2 Å². The molecule has 1 aromatic carbocycles. The van der Waals surface area contributed by atoms with Crippen LogP contribution in [0.25, 0.3) is 0 Å². The van der Waals surface area contributed by atoms with Crippen LogP contribution >= 0.6 is 0 Å². The summed E-state index contributed by atoms with van der Waals surface area (Å²) in [6, 6.07) is 1.50. The maximum absolute atomic E-state index is 12.5. The minimum atomic E-state index is -2.46. The van der Waals surface area contributed by atoms with E-state index in [9.17, 15) is 29.7 Å². The van der Waals surface area contributed by atoms with Crippen molar-refractivity contribution in [1.82, 2.24) is 4.90 Å². The van der Waals surface area contributed by atoms with Crippen LogP contribution in [0.2, 0.25) is 0 Å². The van der Waals surface area contributed by atoms with Gasteiger partial charge in [-0.05, 0) is 58.7 Å². The second-order valence-corrected chi connectivity index (χ2v) is 10.2. The summed E-state index contributed by atoms with van der Waals surface area (Å²) in [5, 5.41) is 65.5. The van der Waals surface area contributed by atoms with Crippen LogP contribution in [0.3, 0.4) is 0 Å². The number of carbonyl (C=O) groups is 3. The lowest BCUT2D eigenvalue weighted by Gasteiger charge is -2.38. The van der Waals surface area contributed by atoms with E-state index in [-0.39, 0.29) is 30.3 Å². The van der Waals surface area contributed by atoms with Gasteiger partial charge in [0.25, 0.3) is 0 Å². The minimum absolute atomic E-state index is 0.123. The van der Waals surface area contributed by atoms with Crippen LogP contribution in [-0.2, 0) is 19.1 Å². The molecular formula is C27H37NO12. The lowest BCUT2D eigenvalue weighted by molar-refractivity contribution is -0.213. The lowest BCUT2D eigenvalue weighted by atomic mass is 9.81. The fourth-order valence-corrected chi connectivity index (χ4v) is 4.39. The third-order valence-electron chi connectivity index (χ3n) is 6.96. The van der Waals surface area contributed by atoms with Crippen LogP contribution < -0.4 is 0 Å². The summed E-state index contributed by atoms with van der Waals surface area (Å²) in [6.07, 6.45) is 2.40. The number of nitrogens with zero attached hydrogens (tertiary/aromatic N) is 1. The highest BCUT2D eigenvalue weighted by Crippen LogP contribution is 2.35. The van der Waals surface area contributed by atoms with Gasteiger partial charge in [-0.1, -0.05) is 12.2 Å². The van der Waals surface area contributed by atoms with Gasteiger partial charge in [-0.2, -0.15) is 0 Å². The Hall–Kier alpha value is -3.65. The predicted octanol–water partition coefficient (Wildman–Crippen LogP) is 0.806. The van der Waals surface area contributed by atoms with Crippen molar-refractivity contribution >= 4 is 17.9 Å². The Kier molecular flexibility index (Phi) is 10.3. The molecule has 0 saturated carbocycles. The number of aliphatic hydroxyl groups excluding tert-OH is 1.